The van der Waals surface area contributed by atoms with Crippen LogP contribution in [0.2, 0.25) is 0 Å². The van der Waals surface area contributed by atoms with Crippen molar-refractivity contribution in [2.24, 2.45) is 11.7 Å². The molecule has 0 aromatic heterocycles. The van der Waals surface area contributed by atoms with Crippen LogP contribution in [0.1, 0.15) is 26.2 Å². The van der Waals surface area contributed by atoms with Gasteiger partial charge in [0.1, 0.15) is 0 Å². The monoisotopic (exact) mass is 214 g/mol. The summed E-state index contributed by atoms with van der Waals surface area (Å²) < 4.78 is 4.66. The molecule has 4 heteroatoms. The Morgan fingerprint density at radius 1 is 1.60 bits per heavy atom. The molecule has 1 saturated carbocycles. The fourth-order valence-corrected chi connectivity index (χ4v) is 1.97. The van der Waals surface area contributed by atoms with Gasteiger partial charge < -0.3 is 10.5 Å². The van der Waals surface area contributed by atoms with E-state index in [9.17, 15) is 4.79 Å². The van der Waals surface area contributed by atoms with Crippen LogP contribution in [-0.4, -0.2) is 43.7 Å². The third-order valence-electron chi connectivity index (χ3n) is 3.32. The first kappa shape index (κ1) is 12.5. The molecule has 0 radical (unpaired) electrons. The van der Waals surface area contributed by atoms with Crippen molar-refractivity contribution in [1.82, 2.24) is 4.90 Å². The molecule has 0 amide bonds. The molecule has 0 saturated heterocycles. The maximum absolute atomic E-state index is 11.1. The van der Waals surface area contributed by atoms with Gasteiger partial charge in [0, 0.05) is 18.6 Å². The van der Waals surface area contributed by atoms with Crippen LogP contribution in [0.3, 0.4) is 0 Å². The first-order chi connectivity index (χ1) is 7.10. The summed E-state index contributed by atoms with van der Waals surface area (Å²) in [4.78, 5) is 13.4. The van der Waals surface area contributed by atoms with Gasteiger partial charge in [0.2, 0.25) is 0 Å². The highest BCUT2D eigenvalue weighted by Gasteiger charge is 2.34. The average molecular weight is 214 g/mol. The van der Waals surface area contributed by atoms with Crippen molar-refractivity contribution in [3.63, 3.8) is 0 Å². The van der Waals surface area contributed by atoms with Gasteiger partial charge in [-0.25, -0.2) is 0 Å². The second kappa shape index (κ2) is 5.47. The Labute approximate surface area is 91.8 Å². The number of nitrogens with zero attached hydrogens (tertiary/aromatic N) is 1. The van der Waals surface area contributed by atoms with Gasteiger partial charge >= 0.3 is 5.97 Å². The molecule has 2 unspecified atom stereocenters. The van der Waals surface area contributed by atoms with Crippen molar-refractivity contribution in [2.45, 2.75) is 38.3 Å². The summed E-state index contributed by atoms with van der Waals surface area (Å²) in [7, 11) is 3.47. The number of ether oxygens (including phenoxy) is 1. The van der Waals surface area contributed by atoms with E-state index in [-0.39, 0.29) is 12.0 Å². The molecule has 4 nitrogen and oxygen atoms in total. The van der Waals surface area contributed by atoms with Gasteiger partial charge in [-0.1, -0.05) is 0 Å². The van der Waals surface area contributed by atoms with Crippen LogP contribution in [0.25, 0.3) is 0 Å². The summed E-state index contributed by atoms with van der Waals surface area (Å²) in [6.45, 7) is 2.72. The van der Waals surface area contributed by atoms with E-state index >= 15 is 0 Å². The Hall–Kier alpha value is -0.610. The summed E-state index contributed by atoms with van der Waals surface area (Å²) in [6.07, 6.45) is 2.99. The van der Waals surface area contributed by atoms with Crippen LogP contribution in [0.5, 0.6) is 0 Å². The normalized spacial score (nSPS) is 20.1. The zero-order valence-corrected chi connectivity index (χ0v) is 9.90. The van der Waals surface area contributed by atoms with Crippen molar-refractivity contribution in [2.75, 3.05) is 20.7 Å². The van der Waals surface area contributed by atoms with E-state index in [0.717, 1.165) is 5.92 Å². The van der Waals surface area contributed by atoms with Gasteiger partial charge in [-0.2, -0.15) is 0 Å². The van der Waals surface area contributed by atoms with Crippen LogP contribution >= 0.6 is 0 Å². The van der Waals surface area contributed by atoms with Crippen molar-refractivity contribution in [3.8, 4) is 0 Å². The molecular formula is C11H22N2O2. The smallest absolute Gasteiger partial charge is 0.307 e. The predicted molar refractivity (Wildman–Crippen MR) is 59.4 cm³/mol. The molecule has 0 bridgehead atoms. The lowest BCUT2D eigenvalue weighted by Crippen LogP contribution is -2.45. The summed E-state index contributed by atoms with van der Waals surface area (Å²) in [5.74, 6) is 0.584. The second-order valence-corrected chi connectivity index (χ2v) is 4.44. The van der Waals surface area contributed by atoms with Crippen molar-refractivity contribution in [3.05, 3.63) is 0 Å². The van der Waals surface area contributed by atoms with Gasteiger partial charge in [-0.05, 0) is 32.7 Å². The van der Waals surface area contributed by atoms with Crippen LogP contribution in [0, 0.1) is 5.92 Å². The topological polar surface area (TPSA) is 55.6 Å². The molecule has 0 heterocycles. The minimum Gasteiger partial charge on any atom is -0.469 e. The first-order valence-electron chi connectivity index (χ1n) is 5.59. The lowest BCUT2D eigenvalue weighted by atomic mass is 10.1. The number of nitrogens with two attached hydrogens (primary N) is 1. The van der Waals surface area contributed by atoms with E-state index in [4.69, 9.17) is 5.73 Å². The number of hydrogen-bond donors (Lipinski definition) is 1. The lowest BCUT2D eigenvalue weighted by Gasteiger charge is -2.32. The third-order valence-corrected chi connectivity index (χ3v) is 3.32. The summed E-state index contributed by atoms with van der Waals surface area (Å²) in [6, 6.07) is 0.622. The maximum atomic E-state index is 11.1. The van der Waals surface area contributed by atoms with E-state index < -0.39 is 0 Å². The van der Waals surface area contributed by atoms with Gasteiger partial charge in [0.25, 0.3) is 0 Å². The van der Waals surface area contributed by atoms with Crippen molar-refractivity contribution < 1.29 is 9.53 Å². The minimum absolute atomic E-state index is 0.152. The first-order valence-corrected chi connectivity index (χ1v) is 5.59. The van der Waals surface area contributed by atoms with Crippen LogP contribution in [0.15, 0.2) is 0 Å². The standard InChI is InChI=1S/C11H22N2O2/c1-8(6-11(14)15-3)13(2)10(7-12)9-4-5-9/h8-10H,4-7,12H2,1-3H3. The van der Waals surface area contributed by atoms with Crippen molar-refractivity contribution in [1.29, 1.82) is 0 Å². The number of methoxy groups -OCH3 is 1. The molecular weight excluding hydrogens is 192 g/mol. The average Bonchev–Trinajstić information content (AvgIpc) is 3.02. The number of carbonyl (C=O) groups excluding carboxylic acids is 1. The molecule has 2 atom stereocenters. The fourth-order valence-electron chi connectivity index (χ4n) is 1.97. The quantitative estimate of drug-likeness (QED) is 0.658. The molecule has 1 aliphatic rings. The highest BCUT2D eigenvalue weighted by atomic mass is 16.5. The fraction of sp³-hybridized carbons (Fsp3) is 0.909. The summed E-state index contributed by atoms with van der Waals surface area (Å²) in [5, 5.41) is 0. The van der Waals surface area contributed by atoms with Crippen molar-refractivity contribution >= 4 is 5.97 Å². The van der Waals surface area contributed by atoms with Crippen LogP contribution in [-0.2, 0) is 9.53 Å². The Morgan fingerprint density at radius 2 is 2.20 bits per heavy atom. The Balaban J connectivity index is 2.42. The molecule has 88 valence electrons. The highest BCUT2D eigenvalue weighted by Crippen LogP contribution is 2.35. The van der Waals surface area contributed by atoms with Crippen LogP contribution in [0.4, 0.5) is 0 Å². The molecule has 1 rings (SSSR count). The van der Waals surface area contributed by atoms with Crippen LogP contribution < -0.4 is 5.73 Å². The Bertz CT molecular complexity index is 217. The van der Waals surface area contributed by atoms with E-state index in [2.05, 4.69) is 9.64 Å². The second-order valence-electron chi connectivity index (χ2n) is 4.44. The number of hydrogen-bond acceptors (Lipinski definition) is 4. The number of esters is 1. The van der Waals surface area contributed by atoms with Gasteiger partial charge in [0.15, 0.2) is 0 Å². The molecule has 2 N–H and O–H groups in total. The molecule has 0 aliphatic heterocycles. The largest absolute Gasteiger partial charge is 0.469 e. The predicted octanol–water partition coefficient (Wildman–Crippen LogP) is 0.607. The zero-order chi connectivity index (χ0) is 11.4. The van der Waals surface area contributed by atoms with E-state index in [0.29, 0.717) is 19.0 Å². The number of carbonyl (C=O) groups is 1. The Kier molecular flexibility index (Phi) is 4.54. The molecule has 1 aliphatic carbocycles. The molecule has 0 aromatic rings. The minimum atomic E-state index is -0.152. The van der Waals surface area contributed by atoms with E-state index in [1.807, 2.05) is 14.0 Å². The third kappa shape index (κ3) is 3.47. The maximum Gasteiger partial charge on any atom is 0.307 e. The SMILES string of the molecule is COC(=O)CC(C)N(C)C(CN)C1CC1. The zero-order valence-electron chi connectivity index (χ0n) is 9.90. The van der Waals surface area contributed by atoms with E-state index in [1.54, 1.807) is 0 Å². The summed E-state index contributed by atoms with van der Waals surface area (Å²) in [5.41, 5.74) is 5.76. The molecule has 0 aromatic carbocycles. The number of likely N-dealkylation sites (N-methyl/N-ethyl adjacent to an activating group) is 1. The molecule has 15 heavy (non-hydrogen) atoms. The molecule has 1 fully saturated rings. The van der Waals surface area contributed by atoms with Gasteiger partial charge in [-0.3, -0.25) is 9.69 Å². The Morgan fingerprint density at radius 3 is 2.60 bits per heavy atom. The van der Waals surface area contributed by atoms with Gasteiger partial charge in [0.05, 0.1) is 13.5 Å². The molecule has 0 spiro atoms. The summed E-state index contributed by atoms with van der Waals surface area (Å²) >= 11 is 0. The lowest BCUT2D eigenvalue weighted by molar-refractivity contribution is -0.142. The highest BCUT2D eigenvalue weighted by molar-refractivity contribution is 5.69. The van der Waals surface area contributed by atoms with Gasteiger partial charge in [-0.15, -0.1) is 0 Å². The number of rotatable bonds is 6. The van der Waals surface area contributed by atoms with E-state index in [1.165, 1.54) is 20.0 Å².